The summed E-state index contributed by atoms with van der Waals surface area (Å²) in [5.41, 5.74) is 3.10. The minimum Gasteiger partial charge on any atom is -0.452 e. The third-order valence-electron chi connectivity index (χ3n) is 5.72. The number of fused-ring (bicyclic) bond motifs is 1. The number of aryl methyl sites for hydroxylation is 2. The number of carbonyl (C=O) groups is 2. The smallest absolute Gasteiger partial charge is 0.338 e. The first-order chi connectivity index (χ1) is 11.5. The fourth-order valence-corrected chi connectivity index (χ4v) is 3.95. The zero-order valence-electron chi connectivity index (χ0n) is 14.6. The standard InChI is InChI=1S/C20H27NO3/c1-13-5-3-8-18(14(13)2)21-19(22)12-24-20(23)17-10-9-15-6-4-7-16(15)11-17/h9-11,13-14,18H,3-8,12H2,1-2H3,(H,21,22)/t13-,14-,18+/m1/s1. The SMILES string of the molecule is C[C@@H]1[C@H](C)CCC[C@@H]1NC(=O)COC(=O)c1ccc2c(c1)CCC2. The van der Waals surface area contributed by atoms with Gasteiger partial charge in [-0.25, -0.2) is 4.79 Å². The topological polar surface area (TPSA) is 55.4 Å². The van der Waals surface area contributed by atoms with Crippen LogP contribution in [0.25, 0.3) is 0 Å². The highest BCUT2D eigenvalue weighted by molar-refractivity contribution is 5.91. The quantitative estimate of drug-likeness (QED) is 0.863. The number of benzene rings is 1. The van der Waals surface area contributed by atoms with Gasteiger partial charge in [0.15, 0.2) is 6.61 Å². The van der Waals surface area contributed by atoms with Crippen LogP contribution in [0, 0.1) is 11.8 Å². The van der Waals surface area contributed by atoms with Gasteiger partial charge in [0, 0.05) is 6.04 Å². The second-order valence-corrected chi connectivity index (χ2v) is 7.35. The predicted octanol–water partition coefficient (Wildman–Crippen LogP) is 3.27. The first-order valence-corrected chi connectivity index (χ1v) is 9.13. The van der Waals surface area contributed by atoms with E-state index in [9.17, 15) is 9.59 Å². The van der Waals surface area contributed by atoms with Crippen molar-refractivity contribution in [3.05, 3.63) is 34.9 Å². The first-order valence-electron chi connectivity index (χ1n) is 9.13. The Morgan fingerprint density at radius 2 is 1.92 bits per heavy atom. The molecule has 0 radical (unpaired) electrons. The van der Waals surface area contributed by atoms with Crippen molar-refractivity contribution in [1.29, 1.82) is 0 Å². The molecule has 4 nitrogen and oxygen atoms in total. The van der Waals surface area contributed by atoms with Gasteiger partial charge in [-0.15, -0.1) is 0 Å². The molecule has 130 valence electrons. The molecule has 0 spiro atoms. The third-order valence-corrected chi connectivity index (χ3v) is 5.72. The van der Waals surface area contributed by atoms with Gasteiger partial charge >= 0.3 is 5.97 Å². The van der Waals surface area contributed by atoms with Gasteiger partial charge in [0.1, 0.15) is 0 Å². The number of hydrogen-bond donors (Lipinski definition) is 1. The molecule has 3 rings (SSSR count). The summed E-state index contributed by atoms with van der Waals surface area (Å²) in [7, 11) is 0. The molecular weight excluding hydrogens is 302 g/mol. The van der Waals surface area contributed by atoms with E-state index in [4.69, 9.17) is 4.74 Å². The summed E-state index contributed by atoms with van der Waals surface area (Å²) in [6.45, 7) is 4.22. The van der Waals surface area contributed by atoms with Gasteiger partial charge in [-0.2, -0.15) is 0 Å². The molecule has 2 aliphatic carbocycles. The molecule has 3 atom stereocenters. The van der Waals surface area contributed by atoms with Crippen LogP contribution in [-0.2, 0) is 22.4 Å². The lowest BCUT2D eigenvalue weighted by Gasteiger charge is -2.34. The molecule has 1 saturated carbocycles. The van der Waals surface area contributed by atoms with Crippen LogP contribution < -0.4 is 5.32 Å². The monoisotopic (exact) mass is 329 g/mol. The van der Waals surface area contributed by atoms with E-state index in [1.165, 1.54) is 17.5 Å². The molecule has 0 unspecified atom stereocenters. The zero-order valence-corrected chi connectivity index (χ0v) is 14.6. The summed E-state index contributed by atoms with van der Waals surface area (Å²) < 4.78 is 5.20. The Morgan fingerprint density at radius 1 is 1.12 bits per heavy atom. The number of ether oxygens (including phenoxy) is 1. The normalized spacial score (nSPS) is 25.8. The van der Waals surface area contributed by atoms with Crippen molar-refractivity contribution >= 4 is 11.9 Å². The number of carbonyl (C=O) groups excluding carboxylic acids is 2. The van der Waals surface area contributed by atoms with Crippen molar-refractivity contribution < 1.29 is 14.3 Å². The van der Waals surface area contributed by atoms with Crippen molar-refractivity contribution in [2.75, 3.05) is 6.61 Å². The molecule has 4 heteroatoms. The second-order valence-electron chi connectivity index (χ2n) is 7.35. The fourth-order valence-electron chi connectivity index (χ4n) is 3.95. The minimum atomic E-state index is -0.412. The maximum atomic E-state index is 12.2. The molecule has 0 heterocycles. The lowest BCUT2D eigenvalue weighted by atomic mass is 9.78. The molecule has 0 bridgehead atoms. The summed E-state index contributed by atoms with van der Waals surface area (Å²) in [6, 6.07) is 5.91. The highest BCUT2D eigenvalue weighted by Gasteiger charge is 2.28. The van der Waals surface area contributed by atoms with E-state index < -0.39 is 5.97 Å². The van der Waals surface area contributed by atoms with E-state index >= 15 is 0 Å². The van der Waals surface area contributed by atoms with E-state index in [0.29, 0.717) is 17.4 Å². The molecule has 1 aromatic carbocycles. The Balaban J connectivity index is 1.50. The first kappa shape index (κ1) is 17.0. The van der Waals surface area contributed by atoms with Crippen LogP contribution in [0.15, 0.2) is 18.2 Å². The number of esters is 1. The summed E-state index contributed by atoms with van der Waals surface area (Å²) >= 11 is 0. The van der Waals surface area contributed by atoms with E-state index in [1.807, 2.05) is 12.1 Å². The summed E-state index contributed by atoms with van der Waals surface area (Å²) in [5, 5.41) is 3.03. The second kappa shape index (κ2) is 7.37. The maximum absolute atomic E-state index is 12.2. The van der Waals surface area contributed by atoms with Crippen molar-refractivity contribution in [3.63, 3.8) is 0 Å². The Kier molecular flexibility index (Phi) is 5.22. The van der Waals surface area contributed by atoms with Gasteiger partial charge in [0.05, 0.1) is 5.56 Å². The van der Waals surface area contributed by atoms with Crippen molar-refractivity contribution in [2.24, 2.45) is 11.8 Å². The highest BCUT2D eigenvalue weighted by Crippen LogP contribution is 2.29. The van der Waals surface area contributed by atoms with Crippen LogP contribution in [0.1, 0.15) is 61.0 Å². The van der Waals surface area contributed by atoms with Crippen LogP contribution in [0.3, 0.4) is 0 Å². The Hall–Kier alpha value is -1.84. The Labute approximate surface area is 144 Å². The number of nitrogens with one attached hydrogen (secondary N) is 1. The molecule has 1 aromatic rings. The van der Waals surface area contributed by atoms with Crippen LogP contribution >= 0.6 is 0 Å². The zero-order chi connectivity index (χ0) is 17.1. The average Bonchev–Trinajstić information content (AvgIpc) is 3.04. The van der Waals surface area contributed by atoms with Crippen molar-refractivity contribution in [2.45, 2.75) is 58.4 Å². The molecule has 2 aliphatic rings. The number of hydrogen-bond acceptors (Lipinski definition) is 3. The largest absolute Gasteiger partial charge is 0.452 e. The van der Waals surface area contributed by atoms with Crippen molar-refractivity contribution in [1.82, 2.24) is 5.32 Å². The lowest BCUT2D eigenvalue weighted by Crippen LogP contribution is -2.45. The van der Waals surface area contributed by atoms with Crippen molar-refractivity contribution in [3.8, 4) is 0 Å². The van der Waals surface area contributed by atoms with Gasteiger partial charge in [0.25, 0.3) is 5.91 Å². The molecule has 1 N–H and O–H groups in total. The predicted molar refractivity (Wildman–Crippen MR) is 92.9 cm³/mol. The molecular formula is C20H27NO3. The summed E-state index contributed by atoms with van der Waals surface area (Å²) in [6.07, 6.45) is 6.64. The van der Waals surface area contributed by atoms with Gasteiger partial charge < -0.3 is 10.1 Å². The Morgan fingerprint density at radius 3 is 2.75 bits per heavy atom. The number of rotatable bonds is 4. The van der Waals surface area contributed by atoms with E-state index in [2.05, 4.69) is 19.2 Å². The van der Waals surface area contributed by atoms with E-state index in [1.54, 1.807) is 6.07 Å². The van der Waals surface area contributed by atoms with E-state index in [-0.39, 0.29) is 18.6 Å². The lowest BCUT2D eigenvalue weighted by molar-refractivity contribution is -0.125. The third kappa shape index (κ3) is 3.80. The number of amides is 1. The summed E-state index contributed by atoms with van der Waals surface area (Å²) in [4.78, 5) is 24.3. The van der Waals surface area contributed by atoms with E-state index in [0.717, 1.165) is 32.1 Å². The highest BCUT2D eigenvalue weighted by atomic mass is 16.5. The van der Waals surface area contributed by atoms with Crippen LogP contribution in [0.5, 0.6) is 0 Å². The van der Waals surface area contributed by atoms with Gasteiger partial charge in [0.2, 0.25) is 0 Å². The fraction of sp³-hybridized carbons (Fsp3) is 0.600. The molecule has 1 amide bonds. The van der Waals surface area contributed by atoms with Crippen LogP contribution in [0.4, 0.5) is 0 Å². The molecule has 0 aromatic heterocycles. The van der Waals surface area contributed by atoms with Crippen LogP contribution in [-0.4, -0.2) is 24.5 Å². The molecule has 0 aliphatic heterocycles. The molecule has 0 saturated heterocycles. The Bertz CT molecular complexity index is 625. The average molecular weight is 329 g/mol. The van der Waals surface area contributed by atoms with Gasteiger partial charge in [-0.1, -0.05) is 32.8 Å². The minimum absolute atomic E-state index is 0.194. The van der Waals surface area contributed by atoms with Crippen LogP contribution in [0.2, 0.25) is 0 Å². The maximum Gasteiger partial charge on any atom is 0.338 e. The van der Waals surface area contributed by atoms with Gasteiger partial charge in [-0.05, 0) is 60.8 Å². The molecule has 24 heavy (non-hydrogen) atoms. The molecule has 1 fully saturated rings. The summed E-state index contributed by atoms with van der Waals surface area (Å²) in [5.74, 6) is 0.480. The van der Waals surface area contributed by atoms with Gasteiger partial charge in [-0.3, -0.25) is 4.79 Å².